The standard InChI is InChI=1S/C14H21N3O3S/c1-4-10-8-17(7-6-16(10)3)13(18)11-9-21-12(15-11)14(19)20-5-2/h9-10H,4-8H2,1-3H3. The summed E-state index contributed by atoms with van der Waals surface area (Å²) < 4.78 is 4.89. The normalized spacial score (nSPS) is 19.6. The molecule has 0 spiro atoms. The van der Waals surface area contributed by atoms with Gasteiger partial charge >= 0.3 is 5.97 Å². The third-order valence-corrected chi connectivity index (χ3v) is 4.53. The molecule has 1 aromatic heterocycles. The van der Waals surface area contributed by atoms with Crippen LogP contribution in [0.2, 0.25) is 0 Å². The Bertz CT molecular complexity index is 517. The number of thiazole rings is 1. The van der Waals surface area contributed by atoms with Crippen molar-refractivity contribution < 1.29 is 14.3 Å². The molecule has 1 aliphatic rings. The van der Waals surface area contributed by atoms with Crippen molar-refractivity contribution >= 4 is 23.2 Å². The number of carbonyl (C=O) groups is 2. The van der Waals surface area contributed by atoms with Crippen LogP contribution in [0.1, 0.15) is 40.6 Å². The number of likely N-dealkylation sites (N-methyl/N-ethyl adjacent to an activating group) is 1. The molecule has 2 rings (SSSR count). The lowest BCUT2D eigenvalue weighted by molar-refractivity contribution is 0.0523. The molecular weight excluding hydrogens is 290 g/mol. The van der Waals surface area contributed by atoms with Crippen molar-refractivity contribution in [2.24, 2.45) is 0 Å². The lowest BCUT2D eigenvalue weighted by atomic mass is 10.1. The van der Waals surface area contributed by atoms with Gasteiger partial charge in [0, 0.05) is 31.1 Å². The number of hydrogen-bond acceptors (Lipinski definition) is 6. The molecule has 1 aromatic rings. The van der Waals surface area contributed by atoms with Crippen LogP contribution in [0.4, 0.5) is 0 Å². The minimum absolute atomic E-state index is 0.103. The first-order valence-corrected chi connectivity index (χ1v) is 8.06. The number of piperazine rings is 1. The monoisotopic (exact) mass is 311 g/mol. The van der Waals surface area contributed by atoms with Gasteiger partial charge in [0.2, 0.25) is 5.01 Å². The zero-order valence-corrected chi connectivity index (χ0v) is 13.5. The maximum Gasteiger partial charge on any atom is 0.367 e. The van der Waals surface area contributed by atoms with Gasteiger partial charge in [0.25, 0.3) is 5.91 Å². The van der Waals surface area contributed by atoms with Gasteiger partial charge in [-0.05, 0) is 20.4 Å². The fourth-order valence-corrected chi connectivity index (χ4v) is 3.07. The molecule has 0 aliphatic carbocycles. The van der Waals surface area contributed by atoms with Crippen molar-refractivity contribution in [2.45, 2.75) is 26.3 Å². The molecular formula is C14H21N3O3S. The van der Waals surface area contributed by atoms with Crippen LogP contribution < -0.4 is 0 Å². The van der Waals surface area contributed by atoms with Crippen LogP contribution in [-0.4, -0.2) is 66.0 Å². The van der Waals surface area contributed by atoms with E-state index in [0.717, 1.165) is 24.3 Å². The van der Waals surface area contributed by atoms with Gasteiger partial charge in [-0.3, -0.25) is 9.69 Å². The highest BCUT2D eigenvalue weighted by atomic mass is 32.1. The van der Waals surface area contributed by atoms with E-state index in [-0.39, 0.29) is 10.9 Å². The molecule has 1 amide bonds. The van der Waals surface area contributed by atoms with Gasteiger partial charge in [0.15, 0.2) is 0 Å². The summed E-state index contributed by atoms with van der Waals surface area (Å²) in [7, 11) is 2.08. The van der Waals surface area contributed by atoms with Gasteiger partial charge < -0.3 is 9.64 Å². The topological polar surface area (TPSA) is 62.7 Å². The van der Waals surface area contributed by atoms with E-state index in [2.05, 4.69) is 23.9 Å². The Hall–Kier alpha value is -1.47. The Morgan fingerprint density at radius 1 is 1.43 bits per heavy atom. The molecule has 0 radical (unpaired) electrons. The van der Waals surface area contributed by atoms with E-state index in [1.165, 1.54) is 0 Å². The molecule has 1 fully saturated rings. The molecule has 0 N–H and O–H groups in total. The predicted octanol–water partition coefficient (Wildman–Crippen LogP) is 1.49. The van der Waals surface area contributed by atoms with Crippen molar-refractivity contribution in [2.75, 3.05) is 33.3 Å². The van der Waals surface area contributed by atoms with Gasteiger partial charge in [-0.1, -0.05) is 6.92 Å². The van der Waals surface area contributed by atoms with Crippen molar-refractivity contribution in [3.05, 3.63) is 16.1 Å². The molecule has 116 valence electrons. The Labute approximate surface area is 128 Å². The lowest BCUT2D eigenvalue weighted by Gasteiger charge is -2.38. The van der Waals surface area contributed by atoms with Gasteiger partial charge in [-0.2, -0.15) is 0 Å². The van der Waals surface area contributed by atoms with E-state index in [4.69, 9.17) is 4.74 Å². The number of carbonyl (C=O) groups excluding carboxylic acids is 2. The van der Waals surface area contributed by atoms with Gasteiger partial charge in [-0.15, -0.1) is 11.3 Å². The second-order valence-electron chi connectivity index (χ2n) is 5.05. The third-order valence-electron chi connectivity index (χ3n) is 3.71. The molecule has 0 bridgehead atoms. The third kappa shape index (κ3) is 3.59. The minimum Gasteiger partial charge on any atom is -0.461 e. The van der Waals surface area contributed by atoms with Gasteiger partial charge in [0.1, 0.15) is 5.69 Å². The molecule has 7 heteroatoms. The summed E-state index contributed by atoms with van der Waals surface area (Å²) in [5.41, 5.74) is 0.336. The SMILES string of the molecule is CCOC(=O)c1nc(C(=O)N2CCN(C)C(CC)C2)cs1. The number of amides is 1. The van der Waals surface area contributed by atoms with E-state index >= 15 is 0 Å². The van der Waals surface area contributed by atoms with Crippen molar-refractivity contribution in [3.63, 3.8) is 0 Å². The molecule has 0 saturated carbocycles. The number of aromatic nitrogens is 1. The summed E-state index contributed by atoms with van der Waals surface area (Å²) in [5.74, 6) is -0.570. The Morgan fingerprint density at radius 3 is 2.86 bits per heavy atom. The fourth-order valence-electron chi connectivity index (χ4n) is 2.39. The summed E-state index contributed by atoms with van der Waals surface area (Å²) >= 11 is 1.15. The molecule has 1 aliphatic heterocycles. The van der Waals surface area contributed by atoms with Crippen LogP contribution in [0.3, 0.4) is 0 Å². The van der Waals surface area contributed by atoms with Crippen LogP contribution in [0.25, 0.3) is 0 Å². The van der Waals surface area contributed by atoms with Gasteiger partial charge in [0.05, 0.1) is 6.61 Å². The summed E-state index contributed by atoms with van der Waals surface area (Å²) in [5, 5.41) is 1.87. The fraction of sp³-hybridized carbons (Fsp3) is 0.643. The van der Waals surface area contributed by atoms with E-state index in [1.54, 1.807) is 12.3 Å². The van der Waals surface area contributed by atoms with Crippen LogP contribution in [0.15, 0.2) is 5.38 Å². The number of rotatable bonds is 4. The number of hydrogen-bond donors (Lipinski definition) is 0. The average Bonchev–Trinajstić information content (AvgIpc) is 2.97. The van der Waals surface area contributed by atoms with Crippen molar-refractivity contribution in [1.29, 1.82) is 0 Å². The Kier molecular flexibility index (Phi) is 5.30. The summed E-state index contributed by atoms with van der Waals surface area (Å²) in [6, 6.07) is 0.380. The first-order valence-electron chi connectivity index (χ1n) is 7.19. The van der Waals surface area contributed by atoms with E-state index in [1.807, 2.05) is 4.90 Å². The lowest BCUT2D eigenvalue weighted by Crippen LogP contribution is -2.53. The zero-order valence-electron chi connectivity index (χ0n) is 12.7. The van der Waals surface area contributed by atoms with Crippen LogP contribution in [0.5, 0.6) is 0 Å². The molecule has 21 heavy (non-hydrogen) atoms. The summed E-state index contributed by atoms with van der Waals surface area (Å²) in [6.45, 7) is 6.43. The highest BCUT2D eigenvalue weighted by Gasteiger charge is 2.28. The first-order chi connectivity index (χ1) is 10.1. The average molecular weight is 311 g/mol. The molecule has 1 atom stereocenters. The van der Waals surface area contributed by atoms with Crippen LogP contribution >= 0.6 is 11.3 Å². The van der Waals surface area contributed by atoms with Crippen LogP contribution in [0, 0.1) is 0 Å². The Balaban J connectivity index is 2.05. The smallest absolute Gasteiger partial charge is 0.367 e. The maximum atomic E-state index is 12.5. The molecule has 6 nitrogen and oxygen atoms in total. The maximum absolute atomic E-state index is 12.5. The summed E-state index contributed by atoms with van der Waals surface area (Å²) in [6.07, 6.45) is 1.01. The van der Waals surface area contributed by atoms with E-state index in [9.17, 15) is 9.59 Å². The molecule has 2 heterocycles. The first kappa shape index (κ1) is 15.9. The Morgan fingerprint density at radius 2 is 2.19 bits per heavy atom. The van der Waals surface area contributed by atoms with Crippen molar-refractivity contribution in [3.8, 4) is 0 Å². The number of ether oxygens (including phenoxy) is 1. The molecule has 0 aromatic carbocycles. The minimum atomic E-state index is -0.466. The van der Waals surface area contributed by atoms with E-state index < -0.39 is 5.97 Å². The van der Waals surface area contributed by atoms with E-state index in [0.29, 0.717) is 31.4 Å². The summed E-state index contributed by atoms with van der Waals surface area (Å²) in [4.78, 5) is 32.3. The number of nitrogens with zero attached hydrogens (tertiary/aromatic N) is 3. The second kappa shape index (κ2) is 7.00. The second-order valence-corrected chi connectivity index (χ2v) is 5.91. The zero-order chi connectivity index (χ0) is 15.4. The highest BCUT2D eigenvalue weighted by molar-refractivity contribution is 7.11. The van der Waals surface area contributed by atoms with Crippen molar-refractivity contribution in [1.82, 2.24) is 14.8 Å². The highest BCUT2D eigenvalue weighted by Crippen LogP contribution is 2.16. The van der Waals surface area contributed by atoms with Gasteiger partial charge in [-0.25, -0.2) is 9.78 Å². The predicted molar refractivity (Wildman–Crippen MR) is 80.7 cm³/mol. The molecule has 1 unspecified atom stereocenters. The quantitative estimate of drug-likeness (QED) is 0.788. The van der Waals surface area contributed by atoms with Crippen LogP contribution in [-0.2, 0) is 4.74 Å². The number of esters is 1. The molecule has 1 saturated heterocycles. The largest absolute Gasteiger partial charge is 0.461 e.